The molecule has 0 unspecified atom stereocenters. The fourth-order valence-corrected chi connectivity index (χ4v) is 7.42. The third-order valence-electron chi connectivity index (χ3n) is 9.82. The Kier molecular flexibility index (Phi) is 7.10. The molecule has 242 valence electrons. The molecule has 0 atom stereocenters. The van der Waals surface area contributed by atoms with Crippen molar-refractivity contribution in [3.05, 3.63) is 180 Å². The topological polar surface area (TPSA) is 89.9 Å². The third-order valence-corrected chi connectivity index (χ3v) is 9.82. The largest absolute Gasteiger partial charge is 0.308 e. The van der Waals surface area contributed by atoms with Crippen LogP contribution in [-0.4, -0.2) is 16.4 Å². The van der Waals surface area contributed by atoms with Gasteiger partial charge in [0.15, 0.2) is 0 Å². The van der Waals surface area contributed by atoms with Gasteiger partial charge >= 0.3 is 0 Å². The summed E-state index contributed by atoms with van der Waals surface area (Å²) in [6.45, 7) is 0. The second-order valence-electron chi connectivity index (χ2n) is 12.7. The Bertz CT molecular complexity index is 2860. The first-order valence-electron chi connectivity index (χ1n) is 16.8. The molecule has 0 fully saturated rings. The Labute approximate surface area is 299 Å². The van der Waals surface area contributed by atoms with Gasteiger partial charge < -0.3 is 4.57 Å². The van der Waals surface area contributed by atoms with E-state index in [9.17, 15) is 20.1 Å². The van der Waals surface area contributed by atoms with Crippen molar-refractivity contribution in [1.29, 1.82) is 10.5 Å². The molecule has 1 aliphatic rings. The van der Waals surface area contributed by atoms with Gasteiger partial charge in [-0.1, -0.05) is 103 Å². The van der Waals surface area contributed by atoms with Gasteiger partial charge in [-0.3, -0.25) is 9.59 Å². The molecule has 0 bridgehead atoms. The number of benzene rings is 7. The molecular weight excluding hydrogens is 641 g/mol. The molecule has 0 radical (unpaired) electrons. The summed E-state index contributed by atoms with van der Waals surface area (Å²) in [6, 6.07) is 54.5. The molecule has 1 aliphatic heterocycles. The van der Waals surface area contributed by atoms with Crippen molar-refractivity contribution < 1.29 is 9.59 Å². The van der Waals surface area contributed by atoms with E-state index in [1.807, 2.05) is 138 Å². The number of carbonyl (C=O) groups excluding carboxylic acids is 2. The maximum Gasteiger partial charge on any atom is 0.268 e. The molecule has 0 saturated carbocycles. The Morgan fingerprint density at radius 1 is 0.442 bits per heavy atom. The van der Waals surface area contributed by atoms with Crippen LogP contribution in [-0.2, 0) is 0 Å². The zero-order chi connectivity index (χ0) is 35.3. The summed E-state index contributed by atoms with van der Waals surface area (Å²) >= 11 is 0. The second-order valence-corrected chi connectivity index (χ2v) is 12.7. The van der Waals surface area contributed by atoms with Crippen LogP contribution < -0.4 is 4.90 Å². The van der Waals surface area contributed by atoms with Gasteiger partial charge in [-0.15, -0.1) is 0 Å². The highest BCUT2D eigenvalue weighted by atomic mass is 16.2. The summed E-state index contributed by atoms with van der Waals surface area (Å²) < 4.78 is 2.04. The molecule has 52 heavy (non-hydrogen) atoms. The standard InChI is InChI=1S/C46H26N4O2/c47-27-29-18-21-35(34(24-29)28-48)33-20-23-42-39(26-33)36-14-7-8-16-40(36)49(42)43-17-9-15-37-44(43)46(52)50(45(37)51)41-22-19-32(30-10-3-1-4-11-30)25-38(41)31-12-5-2-6-13-31/h1-26H. The summed E-state index contributed by atoms with van der Waals surface area (Å²) in [5.41, 5.74) is 9.62. The molecule has 2 amide bonds. The molecule has 9 rings (SSSR count). The van der Waals surface area contributed by atoms with Gasteiger partial charge in [0.2, 0.25) is 0 Å². The highest BCUT2D eigenvalue weighted by molar-refractivity contribution is 6.36. The quantitative estimate of drug-likeness (QED) is 0.171. The molecule has 6 heteroatoms. The van der Waals surface area contributed by atoms with Crippen molar-refractivity contribution in [2.24, 2.45) is 0 Å². The van der Waals surface area contributed by atoms with E-state index in [-0.39, 0.29) is 11.8 Å². The average Bonchev–Trinajstić information content (AvgIpc) is 3.67. The minimum atomic E-state index is -0.390. The van der Waals surface area contributed by atoms with Crippen molar-refractivity contribution in [2.75, 3.05) is 4.90 Å². The molecule has 0 saturated heterocycles. The highest BCUT2D eigenvalue weighted by Crippen LogP contribution is 2.42. The highest BCUT2D eigenvalue weighted by Gasteiger charge is 2.40. The number of amides is 2. The number of imide groups is 1. The van der Waals surface area contributed by atoms with E-state index in [4.69, 9.17) is 0 Å². The lowest BCUT2D eigenvalue weighted by atomic mass is 9.97. The lowest BCUT2D eigenvalue weighted by Gasteiger charge is -2.20. The van der Waals surface area contributed by atoms with Crippen molar-refractivity contribution >= 4 is 39.3 Å². The minimum absolute atomic E-state index is 0.337. The van der Waals surface area contributed by atoms with Gasteiger partial charge in [0.05, 0.1) is 56.8 Å². The predicted octanol–water partition coefficient (Wildman–Crippen LogP) is 10.3. The fraction of sp³-hybridized carbons (Fsp3) is 0. The second kappa shape index (κ2) is 12.1. The lowest BCUT2D eigenvalue weighted by Crippen LogP contribution is -2.30. The zero-order valence-electron chi connectivity index (χ0n) is 27.6. The molecule has 0 aliphatic carbocycles. The Balaban J connectivity index is 1.21. The smallest absolute Gasteiger partial charge is 0.268 e. The summed E-state index contributed by atoms with van der Waals surface area (Å²) in [5, 5.41) is 21.2. The fourth-order valence-electron chi connectivity index (χ4n) is 7.42. The van der Waals surface area contributed by atoms with E-state index in [1.54, 1.807) is 24.3 Å². The van der Waals surface area contributed by atoms with Crippen LogP contribution in [0.5, 0.6) is 0 Å². The van der Waals surface area contributed by atoms with Crippen LogP contribution in [0.25, 0.3) is 60.9 Å². The van der Waals surface area contributed by atoms with Crippen LogP contribution in [0.1, 0.15) is 31.8 Å². The van der Waals surface area contributed by atoms with Crippen LogP contribution in [0, 0.1) is 22.7 Å². The van der Waals surface area contributed by atoms with E-state index < -0.39 is 0 Å². The Morgan fingerprint density at radius 3 is 1.92 bits per heavy atom. The Morgan fingerprint density at radius 2 is 1.15 bits per heavy atom. The van der Waals surface area contributed by atoms with Gasteiger partial charge in [-0.2, -0.15) is 10.5 Å². The van der Waals surface area contributed by atoms with E-state index in [2.05, 4.69) is 12.1 Å². The van der Waals surface area contributed by atoms with Crippen molar-refractivity contribution in [2.45, 2.75) is 0 Å². The van der Waals surface area contributed by atoms with Gasteiger partial charge in [0.25, 0.3) is 11.8 Å². The van der Waals surface area contributed by atoms with Crippen LogP contribution in [0.4, 0.5) is 5.69 Å². The maximum absolute atomic E-state index is 14.7. The number of hydrogen-bond donors (Lipinski definition) is 0. The normalized spacial score (nSPS) is 12.2. The SMILES string of the molecule is N#Cc1ccc(-c2ccc3c(c2)c2ccccc2n3-c2cccc3c2C(=O)N(c2ccc(-c4ccccc4)cc2-c2ccccc2)C3=O)c(C#N)c1. The van der Waals surface area contributed by atoms with Gasteiger partial charge in [0, 0.05) is 16.3 Å². The summed E-state index contributed by atoms with van der Waals surface area (Å²) in [7, 11) is 0. The van der Waals surface area contributed by atoms with Gasteiger partial charge in [0.1, 0.15) is 0 Å². The lowest BCUT2D eigenvalue weighted by molar-refractivity contribution is 0.0926. The predicted molar refractivity (Wildman–Crippen MR) is 204 cm³/mol. The van der Waals surface area contributed by atoms with Crippen LogP contribution in [0.2, 0.25) is 0 Å². The van der Waals surface area contributed by atoms with E-state index >= 15 is 0 Å². The van der Waals surface area contributed by atoms with E-state index in [0.717, 1.165) is 55.2 Å². The van der Waals surface area contributed by atoms with Gasteiger partial charge in [-0.05, 0) is 82.4 Å². The van der Waals surface area contributed by atoms with Crippen LogP contribution in [0.15, 0.2) is 158 Å². The van der Waals surface area contributed by atoms with E-state index in [1.165, 1.54) is 4.90 Å². The number of rotatable bonds is 5. The molecular formula is C46H26N4O2. The van der Waals surface area contributed by atoms with Crippen LogP contribution >= 0.6 is 0 Å². The van der Waals surface area contributed by atoms with Crippen molar-refractivity contribution in [1.82, 2.24) is 4.57 Å². The number of nitrogens with zero attached hydrogens (tertiary/aromatic N) is 4. The first-order valence-corrected chi connectivity index (χ1v) is 16.8. The summed E-state index contributed by atoms with van der Waals surface area (Å²) in [4.78, 5) is 30.4. The number of carbonyl (C=O) groups is 2. The molecule has 8 aromatic rings. The Hall–Kier alpha value is -7.54. The molecule has 2 heterocycles. The number of anilines is 1. The third kappa shape index (κ3) is 4.71. The number of para-hydroxylation sites is 1. The maximum atomic E-state index is 14.7. The monoisotopic (exact) mass is 666 g/mol. The van der Waals surface area contributed by atoms with Crippen LogP contribution in [0.3, 0.4) is 0 Å². The van der Waals surface area contributed by atoms with Crippen molar-refractivity contribution in [3.63, 3.8) is 0 Å². The molecule has 0 N–H and O–H groups in total. The zero-order valence-corrected chi connectivity index (χ0v) is 27.6. The number of fused-ring (bicyclic) bond motifs is 4. The summed E-state index contributed by atoms with van der Waals surface area (Å²) in [6.07, 6.45) is 0. The molecule has 0 spiro atoms. The first-order chi connectivity index (χ1) is 25.6. The average molecular weight is 667 g/mol. The van der Waals surface area contributed by atoms with Crippen molar-refractivity contribution in [3.8, 4) is 51.2 Å². The molecule has 7 aromatic carbocycles. The number of hydrogen-bond acceptors (Lipinski definition) is 4. The summed E-state index contributed by atoms with van der Waals surface area (Å²) in [5.74, 6) is -0.765. The number of aromatic nitrogens is 1. The molecule has 6 nitrogen and oxygen atoms in total. The number of nitriles is 2. The minimum Gasteiger partial charge on any atom is -0.308 e. The van der Waals surface area contributed by atoms with E-state index in [0.29, 0.717) is 33.6 Å². The van der Waals surface area contributed by atoms with Gasteiger partial charge in [-0.25, -0.2) is 4.90 Å². The first kappa shape index (κ1) is 30.5. The molecule has 1 aromatic heterocycles.